The summed E-state index contributed by atoms with van der Waals surface area (Å²) in [6, 6.07) is 0. The van der Waals surface area contributed by atoms with E-state index in [-0.39, 0.29) is 0 Å². The van der Waals surface area contributed by atoms with Crippen LogP contribution >= 0.6 is 11.8 Å². The van der Waals surface area contributed by atoms with Crippen molar-refractivity contribution < 1.29 is 4.79 Å². The zero-order valence-electron chi connectivity index (χ0n) is 12.8. The maximum absolute atomic E-state index is 12.2. The van der Waals surface area contributed by atoms with Crippen LogP contribution in [0.15, 0.2) is 0 Å². The van der Waals surface area contributed by atoms with Gasteiger partial charge in [-0.05, 0) is 42.9 Å². The van der Waals surface area contributed by atoms with E-state index in [1.807, 2.05) is 0 Å². The van der Waals surface area contributed by atoms with Gasteiger partial charge in [0.05, 0.1) is 0 Å². The first-order chi connectivity index (χ1) is 8.97. The Bertz CT molecular complexity index is 302. The van der Waals surface area contributed by atoms with Crippen molar-refractivity contribution in [3.05, 3.63) is 0 Å². The molecule has 1 aliphatic heterocycles. The van der Waals surface area contributed by atoms with Gasteiger partial charge < -0.3 is 4.90 Å². The summed E-state index contributed by atoms with van der Waals surface area (Å²) in [5, 5.41) is 0. The normalized spacial score (nSPS) is 31.2. The topological polar surface area (TPSA) is 20.3 Å². The molecule has 0 aromatic heterocycles. The van der Waals surface area contributed by atoms with Gasteiger partial charge in [-0.25, -0.2) is 0 Å². The fourth-order valence-corrected chi connectivity index (χ4v) is 4.29. The van der Waals surface area contributed by atoms with E-state index in [0.717, 1.165) is 31.7 Å². The van der Waals surface area contributed by atoms with Gasteiger partial charge in [-0.2, -0.15) is 11.8 Å². The molecule has 2 unspecified atom stereocenters. The van der Waals surface area contributed by atoms with Crippen molar-refractivity contribution in [2.45, 2.75) is 46.5 Å². The summed E-state index contributed by atoms with van der Waals surface area (Å²) in [7, 11) is 0. The molecule has 2 nitrogen and oxygen atoms in total. The summed E-state index contributed by atoms with van der Waals surface area (Å²) in [5.74, 6) is 4.08. The van der Waals surface area contributed by atoms with Crippen LogP contribution in [0.1, 0.15) is 46.5 Å². The highest BCUT2D eigenvalue weighted by Crippen LogP contribution is 2.39. The molecule has 0 radical (unpaired) electrons. The van der Waals surface area contributed by atoms with Gasteiger partial charge in [0.25, 0.3) is 0 Å². The lowest BCUT2D eigenvalue weighted by molar-refractivity contribution is -0.127. The van der Waals surface area contributed by atoms with Gasteiger partial charge in [-0.3, -0.25) is 4.79 Å². The second kappa shape index (κ2) is 6.62. The lowest BCUT2D eigenvalue weighted by atomic mass is 9.68. The smallest absolute Gasteiger partial charge is 0.137 e. The Morgan fingerprint density at radius 3 is 2.79 bits per heavy atom. The van der Waals surface area contributed by atoms with E-state index in [1.165, 1.54) is 31.0 Å². The van der Waals surface area contributed by atoms with Crippen molar-refractivity contribution in [2.75, 3.05) is 31.1 Å². The highest BCUT2D eigenvalue weighted by Gasteiger charge is 2.35. The van der Waals surface area contributed by atoms with Crippen molar-refractivity contribution in [1.82, 2.24) is 4.90 Å². The molecule has 2 rings (SSSR count). The molecule has 0 aromatic rings. The van der Waals surface area contributed by atoms with Gasteiger partial charge in [-0.1, -0.05) is 20.8 Å². The van der Waals surface area contributed by atoms with Crippen LogP contribution in [0.2, 0.25) is 0 Å². The van der Waals surface area contributed by atoms with Crippen LogP contribution in [0, 0.1) is 17.3 Å². The van der Waals surface area contributed by atoms with Crippen molar-refractivity contribution in [2.24, 2.45) is 17.3 Å². The molecule has 1 saturated carbocycles. The van der Waals surface area contributed by atoms with Crippen molar-refractivity contribution in [1.29, 1.82) is 0 Å². The number of nitrogens with zero attached hydrogens (tertiary/aromatic N) is 1. The summed E-state index contributed by atoms with van der Waals surface area (Å²) in [6.07, 6.45) is 4.32. The summed E-state index contributed by atoms with van der Waals surface area (Å²) in [6.45, 7) is 10.4. The lowest BCUT2D eigenvalue weighted by Gasteiger charge is -2.38. The molecule has 110 valence electrons. The van der Waals surface area contributed by atoms with Crippen LogP contribution < -0.4 is 0 Å². The first-order valence-corrected chi connectivity index (χ1v) is 8.95. The number of carbonyl (C=O) groups excluding carboxylic acids is 1. The largest absolute Gasteiger partial charge is 0.302 e. The quantitative estimate of drug-likeness (QED) is 0.774. The summed E-state index contributed by atoms with van der Waals surface area (Å²) < 4.78 is 0. The fourth-order valence-electron chi connectivity index (χ4n) is 3.37. The van der Waals surface area contributed by atoms with Gasteiger partial charge >= 0.3 is 0 Å². The maximum atomic E-state index is 12.2. The van der Waals surface area contributed by atoms with E-state index in [0.29, 0.717) is 17.1 Å². The minimum Gasteiger partial charge on any atom is -0.302 e. The predicted molar refractivity (Wildman–Crippen MR) is 83.7 cm³/mol. The molecule has 1 aliphatic carbocycles. The lowest BCUT2D eigenvalue weighted by Crippen LogP contribution is -2.40. The van der Waals surface area contributed by atoms with Gasteiger partial charge in [0.1, 0.15) is 5.78 Å². The third kappa shape index (κ3) is 4.49. The van der Waals surface area contributed by atoms with Crippen LogP contribution in [0.5, 0.6) is 0 Å². The van der Waals surface area contributed by atoms with Crippen LogP contribution in [-0.2, 0) is 4.79 Å². The third-order valence-electron chi connectivity index (χ3n) is 4.78. The zero-order valence-corrected chi connectivity index (χ0v) is 13.6. The molecule has 1 heterocycles. The molecule has 0 amide bonds. The van der Waals surface area contributed by atoms with Crippen molar-refractivity contribution in [3.8, 4) is 0 Å². The second-order valence-corrected chi connectivity index (χ2v) is 8.49. The Morgan fingerprint density at radius 1 is 1.26 bits per heavy atom. The first-order valence-electron chi connectivity index (χ1n) is 7.79. The molecule has 2 aliphatic rings. The number of hydrogen-bond donors (Lipinski definition) is 0. The number of ketones is 1. The molecule has 3 heteroatoms. The summed E-state index contributed by atoms with van der Waals surface area (Å²) in [4.78, 5) is 14.7. The highest BCUT2D eigenvalue weighted by atomic mass is 32.2. The molecule has 0 spiro atoms. The number of thioether (sulfide) groups is 1. The third-order valence-corrected chi connectivity index (χ3v) is 5.83. The van der Waals surface area contributed by atoms with Crippen LogP contribution in [-0.4, -0.2) is 41.8 Å². The van der Waals surface area contributed by atoms with E-state index < -0.39 is 0 Å². The second-order valence-electron chi connectivity index (χ2n) is 7.27. The number of hydrogen-bond acceptors (Lipinski definition) is 3. The average Bonchev–Trinajstić information content (AvgIpc) is 2.59. The van der Waals surface area contributed by atoms with Crippen LogP contribution in [0.3, 0.4) is 0 Å². The number of carbonyl (C=O) groups is 1. The molecule has 2 fully saturated rings. The highest BCUT2D eigenvalue weighted by molar-refractivity contribution is 7.99. The molecule has 0 aromatic carbocycles. The van der Waals surface area contributed by atoms with E-state index in [9.17, 15) is 4.79 Å². The molecule has 1 saturated heterocycles. The zero-order chi connectivity index (χ0) is 13.9. The SMILES string of the molecule is CC(C)(C)C1CCC(=O)C(CN2CCCSCC2)C1. The Kier molecular flexibility index (Phi) is 5.36. The minimum atomic E-state index is 0.307. The van der Waals surface area contributed by atoms with E-state index >= 15 is 0 Å². The maximum Gasteiger partial charge on any atom is 0.137 e. The minimum absolute atomic E-state index is 0.307. The van der Waals surface area contributed by atoms with Gasteiger partial charge in [0, 0.05) is 31.2 Å². The van der Waals surface area contributed by atoms with Crippen molar-refractivity contribution >= 4 is 17.5 Å². The number of Topliss-reactive ketones (excluding diaryl/α,β-unsaturated/α-hetero) is 1. The predicted octanol–water partition coefficient (Wildman–Crippen LogP) is 3.46. The Hall–Kier alpha value is -0.0200. The molecule has 0 bridgehead atoms. The van der Waals surface area contributed by atoms with Crippen LogP contribution in [0.25, 0.3) is 0 Å². The van der Waals surface area contributed by atoms with Crippen LogP contribution in [0.4, 0.5) is 0 Å². The summed E-state index contributed by atoms with van der Waals surface area (Å²) >= 11 is 2.06. The Morgan fingerprint density at radius 2 is 2.05 bits per heavy atom. The Labute approximate surface area is 122 Å². The van der Waals surface area contributed by atoms with Gasteiger partial charge in [-0.15, -0.1) is 0 Å². The Balaban J connectivity index is 1.91. The standard InChI is InChI=1S/C16H29NOS/c1-16(2,3)14-5-6-15(18)13(11-14)12-17-7-4-9-19-10-8-17/h13-14H,4-12H2,1-3H3. The fraction of sp³-hybridized carbons (Fsp3) is 0.938. The van der Waals surface area contributed by atoms with E-state index in [2.05, 4.69) is 37.4 Å². The summed E-state index contributed by atoms with van der Waals surface area (Å²) in [5.41, 5.74) is 0.355. The molecule has 19 heavy (non-hydrogen) atoms. The monoisotopic (exact) mass is 283 g/mol. The molecule has 2 atom stereocenters. The van der Waals surface area contributed by atoms with E-state index in [1.54, 1.807) is 0 Å². The average molecular weight is 283 g/mol. The molecule has 0 N–H and O–H groups in total. The number of rotatable bonds is 2. The van der Waals surface area contributed by atoms with Gasteiger partial charge in [0.2, 0.25) is 0 Å². The van der Waals surface area contributed by atoms with E-state index in [4.69, 9.17) is 0 Å². The van der Waals surface area contributed by atoms with Crippen molar-refractivity contribution in [3.63, 3.8) is 0 Å². The first kappa shape index (κ1) is 15.4. The van der Waals surface area contributed by atoms with Gasteiger partial charge in [0.15, 0.2) is 0 Å². The molecular weight excluding hydrogens is 254 g/mol. The molecular formula is C16H29NOS.